The molecule has 3 aromatic rings. The van der Waals surface area contributed by atoms with Crippen LogP contribution in [0.4, 0.5) is 17.6 Å². The van der Waals surface area contributed by atoms with Crippen LogP contribution in [-0.2, 0) is 12.7 Å². The second kappa shape index (κ2) is 7.38. The van der Waals surface area contributed by atoms with Crippen molar-refractivity contribution in [3.05, 3.63) is 62.8 Å². The summed E-state index contributed by atoms with van der Waals surface area (Å²) in [5, 5.41) is 13.8. The van der Waals surface area contributed by atoms with Gasteiger partial charge in [0.25, 0.3) is 11.5 Å². The molecular formula is C16H10F4N4O3S. The lowest BCUT2D eigenvalue weighted by Gasteiger charge is -2.13. The maximum Gasteiger partial charge on any atom is 0.416 e. The van der Waals surface area contributed by atoms with E-state index in [2.05, 4.69) is 20.3 Å². The summed E-state index contributed by atoms with van der Waals surface area (Å²) < 4.78 is 52.2. The fraction of sp³-hybridized carbons (Fsp3) is 0.125. The monoisotopic (exact) mass is 414 g/mol. The van der Waals surface area contributed by atoms with E-state index in [4.69, 9.17) is 0 Å². The Hall–Kier alpha value is -3.28. The third-order valence-corrected chi connectivity index (χ3v) is 4.34. The van der Waals surface area contributed by atoms with Gasteiger partial charge >= 0.3 is 6.18 Å². The van der Waals surface area contributed by atoms with Crippen molar-refractivity contribution >= 4 is 17.2 Å². The van der Waals surface area contributed by atoms with E-state index in [1.807, 2.05) is 0 Å². The number of rotatable bonds is 4. The maximum atomic E-state index is 13.1. The average Bonchev–Trinajstić information content (AvgIpc) is 3.16. The molecule has 0 unspecified atom stereocenters. The first-order valence-electron chi connectivity index (χ1n) is 7.54. The first-order chi connectivity index (χ1) is 13.2. The summed E-state index contributed by atoms with van der Waals surface area (Å²) in [6.07, 6.45) is -3.40. The fourth-order valence-electron chi connectivity index (χ4n) is 2.29. The topological polar surface area (TPSA) is 108 Å². The molecule has 0 bridgehead atoms. The van der Waals surface area contributed by atoms with E-state index in [9.17, 15) is 32.3 Å². The number of aromatic nitrogens is 3. The van der Waals surface area contributed by atoms with Crippen molar-refractivity contribution < 1.29 is 27.5 Å². The zero-order valence-corrected chi connectivity index (χ0v) is 14.5. The highest BCUT2D eigenvalue weighted by molar-refractivity contribution is 7.13. The van der Waals surface area contributed by atoms with E-state index >= 15 is 0 Å². The molecule has 3 rings (SSSR count). The first-order valence-corrected chi connectivity index (χ1v) is 8.41. The van der Waals surface area contributed by atoms with E-state index < -0.39 is 52.6 Å². The molecule has 0 saturated heterocycles. The van der Waals surface area contributed by atoms with E-state index in [1.165, 1.54) is 6.20 Å². The number of nitrogens with zero attached hydrogens (tertiary/aromatic N) is 2. The zero-order chi connectivity index (χ0) is 20.5. The summed E-state index contributed by atoms with van der Waals surface area (Å²) in [6.45, 7) is -0.630. The van der Waals surface area contributed by atoms with Crippen molar-refractivity contribution in [1.29, 1.82) is 0 Å². The second-order valence-corrected chi connectivity index (χ2v) is 6.33. The van der Waals surface area contributed by atoms with Crippen molar-refractivity contribution in [1.82, 2.24) is 20.3 Å². The highest BCUT2D eigenvalue weighted by Crippen LogP contribution is 2.32. The lowest BCUT2D eigenvalue weighted by Crippen LogP contribution is -2.27. The molecule has 7 nitrogen and oxygen atoms in total. The molecule has 3 N–H and O–H groups in total. The van der Waals surface area contributed by atoms with E-state index in [1.54, 1.807) is 5.38 Å². The number of hydrogen-bond donors (Lipinski definition) is 3. The number of benzene rings is 1. The number of aromatic amines is 1. The van der Waals surface area contributed by atoms with Crippen LogP contribution in [0, 0.1) is 5.82 Å². The molecular weight excluding hydrogens is 404 g/mol. The Balaban J connectivity index is 1.88. The van der Waals surface area contributed by atoms with Gasteiger partial charge in [-0.3, -0.25) is 9.59 Å². The molecule has 0 aliphatic heterocycles. The highest BCUT2D eigenvalue weighted by atomic mass is 32.1. The Morgan fingerprint density at radius 2 is 2.07 bits per heavy atom. The Bertz CT molecular complexity index is 1080. The number of nitrogens with one attached hydrogen (secondary N) is 2. The average molecular weight is 414 g/mol. The molecule has 0 aliphatic rings. The van der Waals surface area contributed by atoms with Gasteiger partial charge in [-0.2, -0.15) is 13.2 Å². The Morgan fingerprint density at radius 1 is 1.32 bits per heavy atom. The Kier molecular flexibility index (Phi) is 5.14. The van der Waals surface area contributed by atoms with Gasteiger partial charge in [0.15, 0.2) is 16.5 Å². The summed E-state index contributed by atoms with van der Waals surface area (Å²) >= 11 is 1.11. The molecule has 1 aromatic carbocycles. The van der Waals surface area contributed by atoms with E-state index in [0.29, 0.717) is 6.07 Å². The molecule has 28 heavy (non-hydrogen) atoms. The molecule has 2 heterocycles. The van der Waals surface area contributed by atoms with Gasteiger partial charge in [0, 0.05) is 18.1 Å². The van der Waals surface area contributed by atoms with Crippen LogP contribution in [0.3, 0.4) is 0 Å². The second-order valence-electron chi connectivity index (χ2n) is 5.43. The number of amides is 1. The van der Waals surface area contributed by atoms with Gasteiger partial charge in [-0.1, -0.05) is 6.07 Å². The van der Waals surface area contributed by atoms with Crippen molar-refractivity contribution in [2.75, 3.05) is 0 Å². The van der Waals surface area contributed by atoms with Crippen LogP contribution in [0.2, 0.25) is 0 Å². The van der Waals surface area contributed by atoms with Crippen LogP contribution in [-0.4, -0.2) is 26.0 Å². The largest absolute Gasteiger partial charge is 0.501 e. The van der Waals surface area contributed by atoms with Crippen LogP contribution in [0.15, 0.2) is 34.6 Å². The number of H-pyrrole nitrogens is 1. The smallest absolute Gasteiger partial charge is 0.416 e. The lowest BCUT2D eigenvalue weighted by molar-refractivity contribution is -0.138. The van der Waals surface area contributed by atoms with Crippen LogP contribution in [0.1, 0.15) is 21.6 Å². The summed E-state index contributed by atoms with van der Waals surface area (Å²) in [5.41, 5.74) is -3.33. The number of hydrogen-bond acceptors (Lipinski definition) is 6. The molecule has 1 amide bonds. The number of thiazole rings is 1. The molecule has 0 spiro atoms. The van der Waals surface area contributed by atoms with Gasteiger partial charge in [-0.05, 0) is 17.7 Å². The van der Waals surface area contributed by atoms with Gasteiger partial charge in [0.1, 0.15) is 5.82 Å². The summed E-state index contributed by atoms with van der Waals surface area (Å²) in [7, 11) is 0. The minimum atomic E-state index is -4.83. The van der Waals surface area contributed by atoms with Gasteiger partial charge in [0.2, 0.25) is 5.75 Å². The molecule has 0 saturated carbocycles. The first kappa shape index (κ1) is 19.5. The van der Waals surface area contributed by atoms with Crippen LogP contribution >= 0.6 is 11.3 Å². The third-order valence-electron chi connectivity index (χ3n) is 3.56. The molecule has 12 heteroatoms. The van der Waals surface area contributed by atoms with Crippen molar-refractivity contribution in [3.8, 4) is 16.6 Å². The number of halogens is 4. The van der Waals surface area contributed by atoms with Crippen LogP contribution in [0.5, 0.6) is 5.75 Å². The number of alkyl halides is 3. The summed E-state index contributed by atoms with van der Waals surface area (Å²) in [4.78, 5) is 34.1. The Morgan fingerprint density at radius 3 is 2.71 bits per heavy atom. The normalized spacial score (nSPS) is 11.4. The molecule has 0 atom stereocenters. The molecule has 0 fully saturated rings. The highest BCUT2D eigenvalue weighted by Gasteiger charge is 2.34. The van der Waals surface area contributed by atoms with Gasteiger partial charge in [-0.25, -0.2) is 14.4 Å². The quantitative estimate of drug-likeness (QED) is 0.569. The van der Waals surface area contributed by atoms with Crippen LogP contribution in [0.25, 0.3) is 10.8 Å². The standard InChI is InChI=1S/C16H10F4N4O3S/c17-8-2-1-7(9(5-8)16(18,19)20)6-22-13(26)10-11(25)14(27)24-12(23-10)15-21-3-4-28-15/h1-5,25H,6H2,(H,22,26)(H,23,24,27). The third kappa shape index (κ3) is 4.01. The zero-order valence-electron chi connectivity index (χ0n) is 13.7. The molecule has 146 valence electrons. The molecule has 0 radical (unpaired) electrons. The maximum absolute atomic E-state index is 13.1. The van der Waals surface area contributed by atoms with E-state index in [-0.39, 0.29) is 10.8 Å². The van der Waals surface area contributed by atoms with Gasteiger partial charge in [-0.15, -0.1) is 11.3 Å². The summed E-state index contributed by atoms with van der Waals surface area (Å²) in [5.74, 6) is -3.24. The van der Waals surface area contributed by atoms with Crippen molar-refractivity contribution in [2.24, 2.45) is 0 Å². The number of carbonyl (C=O) groups is 1. The Labute approximate surface area is 157 Å². The van der Waals surface area contributed by atoms with Crippen LogP contribution < -0.4 is 10.9 Å². The number of aromatic hydroxyl groups is 1. The van der Waals surface area contributed by atoms with Crippen molar-refractivity contribution in [3.63, 3.8) is 0 Å². The van der Waals surface area contributed by atoms with Crippen molar-refractivity contribution in [2.45, 2.75) is 12.7 Å². The van der Waals surface area contributed by atoms with Gasteiger partial charge < -0.3 is 15.4 Å². The minimum absolute atomic E-state index is 0.0827. The number of carbonyl (C=O) groups excluding carboxylic acids is 1. The van der Waals surface area contributed by atoms with Gasteiger partial charge in [0.05, 0.1) is 5.56 Å². The SMILES string of the molecule is O=C(NCc1ccc(F)cc1C(F)(F)F)c1nc(-c2nccs2)[nH]c(=O)c1O. The molecule has 0 aliphatic carbocycles. The minimum Gasteiger partial charge on any atom is -0.501 e. The predicted molar refractivity (Wildman–Crippen MR) is 90.2 cm³/mol. The fourth-order valence-corrected chi connectivity index (χ4v) is 2.87. The lowest BCUT2D eigenvalue weighted by atomic mass is 10.1. The predicted octanol–water partition coefficient (Wildman–Crippen LogP) is 2.69. The summed E-state index contributed by atoms with van der Waals surface area (Å²) in [6, 6.07) is 2.01. The van der Waals surface area contributed by atoms with E-state index in [0.717, 1.165) is 23.5 Å². The molecule has 2 aromatic heterocycles.